The highest BCUT2D eigenvalue weighted by atomic mass is 16.3. The summed E-state index contributed by atoms with van der Waals surface area (Å²) in [6.45, 7) is 2.18. The Kier molecular flexibility index (Phi) is 6.70. The molecule has 1 nitrogen and oxygen atoms in total. The zero-order chi connectivity index (χ0) is 13.2. The molecule has 0 bridgehead atoms. The lowest BCUT2D eigenvalue weighted by Gasteiger charge is -2.09. The number of aliphatic hydroxyl groups is 1. The van der Waals surface area contributed by atoms with E-state index in [1.54, 1.807) is 0 Å². The lowest BCUT2D eigenvalue weighted by Crippen LogP contribution is -1.98. The Bertz CT molecular complexity index is 456. The van der Waals surface area contributed by atoms with Gasteiger partial charge in [-0.2, -0.15) is 0 Å². The molecule has 0 aliphatic heterocycles. The molecule has 1 rings (SSSR count). The quantitative estimate of drug-likeness (QED) is 0.615. The molecule has 1 atom stereocenters. The standard InChI is InChI=1S/C17H20O/c1-3-5-6-7-8-12-15-13-9-10-14-16(15)17(18)11-4-2/h2,9-10,13-14,17-18H,3,5-7,11H2,1H3. The monoisotopic (exact) mass is 240 g/mol. The molecule has 1 N–H and O–H groups in total. The Morgan fingerprint density at radius 2 is 2.06 bits per heavy atom. The molecule has 0 saturated carbocycles. The molecule has 1 heteroatoms. The number of hydrogen-bond donors (Lipinski definition) is 1. The van der Waals surface area contributed by atoms with E-state index in [9.17, 15) is 5.11 Å². The second-order valence-electron chi connectivity index (χ2n) is 4.27. The molecule has 0 aliphatic carbocycles. The smallest absolute Gasteiger partial charge is 0.0911 e. The molecule has 0 saturated heterocycles. The summed E-state index contributed by atoms with van der Waals surface area (Å²) in [4.78, 5) is 0. The van der Waals surface area contributed by atoms with Gasteiger partial charge in [0.25, 0.3) is 0 Å². The number of rotatable bonds is 5. The summed E-state index contributed by atoms with van der Waals surface area (Å²) in [5.74, 6) is 8.77. The Hall–Kier alpha value is -1.70. The highest BCUT2D eigenvalue weighted by Gasteiger charge is 2.08. The van der Waals surface area contributed by atoms with Crippen molar-refractivity contribution in [2.75, 3.05) is 0 Å². The molecule has 1 aromatic carbocycles. The molecule has 0 spiro atoms. The van der Waals surface area contributed by atoms with E-state index < -0.39 is 6.10 Å². The fourth-order valence-corrected chi connectivity index (χ4v) is 1.74. The molecule has 1 aromatic rings. The third-order valence-electron chi connectivity index (χ3n) is 2.76. The fraction of sp³-hybridized carbons (Fsp3) is 0.412. The minimum absolute atomic E-state index is 0.328. The predicted molar refractivity (Wildman–Crippen MR) is 75.9 cm³/mol. The molecule has 0 radical (unpaired) electrons. The third-order valence-corrected chi connectivity index (χ3v) is 2.76. The van der Waals surface area contributed by atoms with Gasteiger partial charge in [-0.1, -0.05) is 49.8 Å². The van der Waals surface area contributed by atoms with Gasteiger partial charge >= 0.3 is 0 Å². The van der Waals surface area contributed by atoms with Crippen molar-refractivity contribution >= 4 is 0 Å². The summed E-state index contributed by atoms with van der Waals surface area (Å²) in [5.41, 5.74) is 1.72. The molecule has 0 aliphatic rings. The number of hydrogen-bond acceptors (Lipinski definition) is 1. The van der Waals surface area contributed by atoms with E-state index in [0.717, 1.165) is 24.0 Å². The molecular formula is C17H20O. The van der Waals surface area contributed by atoms with Crippen LogP contribution in [0.3, 0.4) is 0 Å². The van der Waals surface area contributed by atoms with Gasteiger partial charge < -0.3 is 5.11 Å². The Morgan fingerprint density at radius 1 is 1.28 bits per heavy atom. The van der Waals surface area contributed by atoms with Crippen LogP contribution in [0.2, 0.25) is 0 Å². The lowest BCUT2D eigenvalue weighted by atomic mass is 10.0. The van der Waals surface area contributed by atoms with E-state index in [1.807, 2.05) is 24.3 Å². The minimum atomic E-state index is -0.615. The van der Waals surface area contributed by atoms with Crippen LogP contribution >= 0.6 is 0 Å². The van der Waals surface area contributed by atoms with Crippen molar-refractivity contribution in [2.24, 2.45) is 0 Å². The van der Waals surface area contributed by atoms with E-state index in [-0.39, 0.29) is 0 Å². The molecular weight excluding hydrogens is 220 g/mol. The number of benzene rings is 1. The first-order valence-corrected chi connectivity index (χ1v) is 6.49. The van der Waals surface area contributed by atoms with Gasteiger partial charge in [0.2, 0.25) is 0 Å². The summed E-state index contributed by atoms with van der Waals surface area (Å²) < 4.78 is 0. The first-order valence-electron chi connectivity index (χ1n) is 6.49. The van der Waals surface area contributed by atoms with Crippen LogP contribution in [-0.2, 0) is 0 Å². The molecule has 18 heavy (non-hydrogen) atoms. The zero-order valence-corrected chi connectivity index (χ0v) is 10.9. The van der Waals surface area contributed by atoms with Gasteiger partial charge in [0.15, 0.2) is 0 Å². The van der Waals surface area contributed by atoms with E-state index in [1.165, 1.54) is 12.8 Å². The van der Waals surface area contributed by atoms with Gasteiger partial charge in [0.05, 0.1) is 6.10 Å². The fourth-order valence-electron chi connectivity index (χ4n) is 1.74. The lowest BCUT2D eigenvalue weighted by molar-refractivity contribution is 0.184. The van der Waals surface area contributed by atoms with Gasteiger partial charge in [-0.15, -0.1) is 12.3 Å². The van der Waals surface area contributed by atoms with Crippen LogP contribution < -0.4 is 0 Å². The van der Waals surface area contributed by atoms with E-state index >= 15 is 0 Å². The van der Waals surface area contributed by atoms with Gasteiger partial charge in [-0.3, -0.25) is 0 Å². The minimum Gasteiger partial charge on any atom is -0.387 e. The van der Waals surface area contributed by atoms with Gasteiger partial charge in [0.1, 0.15) is 0 Å². The van der Waals surface area contributed by atoms with Crippen LogP contribution in [0.1, 0.15) is 56.3 Å². The van der Waals surface area contributed by atoms with Crippen LogP contribution in [0, 0.1) is 24.2 Å². The number of aliphatic hydroxyl groups excluding tert-OH is 1. The third kappa shape index (κ3) is 4.66. The van der Waals surface area contributed by atoms with Crippen molar-refractivity contribution in [1.29, 1.82) is 0 Å². The Balaban J connectivity index is 2.73. The van der Waals surface area contributed by atoms with Crippen molar-refractivity contribution in [1.82, 2.24) is 0 Å². The maximum absolute atomic E-state index is 9.93. The molecule has 94 valence electrons. The Morgan fingerprint density at radius 3 is 2.78 bits per heavy atom. The maximum atomic E-state index is 9.93. The van der Waals surface area contributed by atoms with Crippen LogP contribution in [-0.4, -0.2) is 5.11 Å². The first kappa shape index (κ1) is 14.4. The maximum Gasteiger partial charge on any atom is 0.0911 e. The molecule has 0 fully saturated rings. The SMILES string of the molecule is C#CCC(O)c1ccccc1C#CCCCCC. The highest BCUT2D eigenvalue weighted by Crippen LogP contribution is 2.19. The topological polar surface area (TPSA) is 20.2 Å². The average Bonchev–Trinajstić information content (AvgIpc) is 2.39. The normalized spacial score (nSPS) is 11.2. The largest absolute Gasteiger partial charge is 0.387 e. The van der Waals surface area contributed by atoms with E-state index in [2.05, 4.69) is 24.7 Å². The van der Waals surface area contributed by atoms with Crippen molar-refractivity contribution in [3.63, 3.8) is 0 Å². The van der Waals surface area contributed by atoms with Crippen LogP contribution in [0.15, 0.2) is 24.3 Å². The molecule has 0 aromatic heterocycles. The summed E-state index contributed by atoms with van der Waals surface area (Å²) in [6, 6.07) is 7.65. The zero-order valence-electron chi connectivity index (χ0n) is 10.9. The van der Waals surface area contributed by atoms with Crippen molar-refractivity contribution in [2.45, 2.75) is 45.1 Å². The van der Waals surface area contributed by atoms with Crippen LogP contribution in [0.4, 0.5) is 0 Å². The van der Waals surface area contributed by atoms with Gasteiger partial charge in [-0.05, 0) is 18.1 Å². The van der Waals surface area contributed by atoms with Crippen LogP contribution in [0.5, 0.6) is 0 Å². The average molecular weight is 240 g/mol. The predicted octanol–water partition coefficient (Wildman–Crippen LogP) is 3.68. The summed E-state index contributed by atoms with van der Waals surface area (Å²) in [5, 5.41) is 9.93. The van der Waals surface area contributed by atoms with Crippen molar-refractivity contribution < 1.29 is 5.11 Å². The van der Waals surface area contributed by atoms with Gasteiger partial charge in [0, 0.05) is 18.4 Å². The summed E-state index contributed by atoms with van der Waals surface area (Å²) in [7, 11) is 0. The summed E-state index contributed by atoms with van der Waals surface area (Å²) >= 11 is 0. The van der Waals surface area contributed by atoms with E-state index in [4.69, 9.17) is 6.42 Å². The number of terminal acetylenes is 1. The summed E-state index contributed by atoms with van der Waals surface area (Å²) in [6.07, 6.45) is 9.41. The molecule has 0 heterocycles. The van der Waals surface area contributed by atoms with E-state index in [0.29, 0.717) is 6.42 Å². The van der Waals surface area contributed by atoms with Crippen molar-refractivity contribution in [3.8, 4) is 24.2 Å². The second kappa shape index (κ2) is 8.40. The van der Waals surface area contributed by atoms with Crippen LogP contribution in [0.25, 0.3) is 0 Å². The number of unbranched alkanes of at least 4 members (excludes halogenated alkanes) is 3. The Labute approximate surface area is 110 Å². The second-order valence-corrected chi connectivity index (χ2v) is 4.27. The van der Waals surface area contributed by atoms with Crippen molar-refractivity contribution in [3.05, 3.63) is 35.4 Å². The molecule has 0 amide bonds. The molecule has 1 unspecified atom stereocenters. The first-order chi connectivity index (χ1) is 8.79. The highest BCUT2D eigenvalue weighted by molar-refractivity contribution is 5.42. The van der Waals surface area contributed by atoms with Gasteiger partial charge in [-0.25, -0.2) is 0 Å².